The first-order chi connectivity index (χ1) is 20.7. The number of aromatic nitrogens is 2. The van der Waals surface area contributed by atoms with Crippen LogP contribution in [0, 0.1) is 0 Å². The molecule has 42 heavy (non-hydrogen) atoms. The SMILES string of the molecule is CCCCCCCCCCCCOc1c(OCCCCCCCCCCCC)c2ccc(Cl)nc2c2nc(Cl)ccc12. The molecule has 6 heteroatoms. The van der Waals surface area contributed by atoms with Crippen molar-refractivity contribution in [2.24, 2.45) is 0 Å². The first kappa shape index (κ1) is 34.7. The molecule has 0 N–H and O–H groups in total. The molecule has 234 valence electrons. The molecule has 2 heterocycles. The second-order valence-corrected chi connectivity index (χ2v) is 12.6. The molecule has 0 aliphatic heterocycles. The molecule has 0 spiro atoms. The number of nitrogens with zero attached hydrogens (tertiary/aromatic N) is 2. The van der Waals surface area contributed by atoms with Gasteiger partial charge in [-0.05, 0) is 37.1 Å². The third-order valence-electron chi connectivity index (χ3n) is 8.13. The molecule has 0 unspecified atom stereocenters. The Bertz CT molecular complexity index is 1080. The number of pyridine rings is 2. The predicted octanol–water partition coefficient (Wildman–Crippen LogP) is 12.7. The van der Waals surface area contributed by atoms with E-state index in [0.717, 1.165) is 35.1 Å². The molecule has 2 aromatic heterocycles. The standard InChI is InChI=1S/C36H54Cl2N2O2/c1-3-5-7-9-11-13-15-17-19-21-27-41-35-29-23-25-31(37)39-33(29)34-30(24-26-32(38)40-34)36(35)42-28-22-20-18-16-14-12-10-8-6-4-2/h23-26H,3-22,27-28H2,1-2H3. The monoisotopic (exact) mass is 616 g/mol. The Balaban J connectivity index is 1.58. The zero-order valence-electron chi connectivity index (χ0n) is 26.3. The number of hydrogen-bond donors (Lipinski definition) is 0. The van der Waals surface area contributed by atoms with Crippen LogP contribution in [0.4, 0.5) is 0 Å². The van der Waals surface area contributed by atoms with Crippen LogP contribution in [0.25, 0.3) is 21.8 Å². The van der Waals surface area contributed by atoms with Crippen LogP contribution < -0.4 is 9.47 Å². The summed E-state index contributed by atoms with van der Waals surface area (Å²) in [7, 11) is 0. The summed E-state index contributed by atoms with van der Waals surface area (Å²) in [6.07, 6.45) is 25.9. The lowest BCUT2D eigenvalue weighted by atomic mass is 10.1. The van der Waals surface area contributed by atoms with Crippen LogP contribution >= 0.6 is 23.2 Å². The van der Waals surface area contributed by atoms with Gasteiger partial charge in [-0.25, -0.2) is 9.97 Å². The van der Waals surface area contributed by atoms with Gasteiger partial charge >= 0.3 is 0 Å². The van der Waals surface area contributed by atoms with Gasteiger partial charge in [-0.2, -0.15) is 0 Å². The van der Waals surface area contributed by atoms with Crippen molar-refractivity contribution in [3.63, 3.8) is 0 Å². The van der Waals surface area contributed by atoms with Gasteiger partial charge in [0, 0.05) is 10.8 Å². The van der Waals surface area contributed by atoms with E-state index in [0.29, 0.717) is 34.6 Å². The van der Waals surface area contributed by atoms with Crippen LogP contribution in [-0.2, 0) is 0 Å². The minimum atomic E-state index is 0.422. The lowest BCUT2D eigenvalue weighted by Crippen LogP contribution is -2.05. The smallest absolute Gasteiger partial charge is 0.171 e. The van der Waals surface area contributed by atoms with Crippen LogP contribution in [0.1, 0.15) is 142 Å². The number of hydrogen-bond acceptors (Lipinski definition) is 4. The summed E-state index contributed by atoms with van der Waals surface area (Å²) in [4.78, 5) is 9.24. The zero-order chi connectivity index (χ0) is 29.8. The van der Waals surface area contributed by atoms with Gasteiger partial charge in [0.15, 0.2) is 11.5 Å². The fourth-order valence-corrected chi connectivity index (χ4v) is 5.95. The quantitative estimate of drug-likeness (QED) is 0.0570. The van der Waals surface area contributed by atoms with E-state index >= 15 is 0 Å². The summed E-state index contributed by atoms with van der Waals surface area (Å²) >= 11 is 12.6. The first-order valence-corrected chi connectivity index (χ1v) is 17.7. The summed E-state index contributed by atoms with van der Waals surface area (Å²) in [5.74, 6) is 1.49. The Morgan fingerprint density at radius 1 is 0.452 bits per heavy atom. The van der Waals surface area contributed by atoms with Crippen molar-refractivity contribution in [3.8, 4) is 11.5 Å². The fraction of sp³-hybridized carbons (Fsp3) is 0.667. The number of rotatable bonds is 24. The second kappa shape index (κ2) is 21.0. The van der Waals surface area contributed by atoms with E-state index in [2.05, 4.69) is 23.8 Å². The van der Waals surface area contributed by atoms with Crippen LogP contribution in [0.15, 0.2) is 24.3 Å². The van der Waals surface area contributed by atoms with E-state index in [-0.39, 0.29) is 0 Å². The molecule has 0 radical (unpaired) electrons. The third kappa shape index (κ3) is 12.1. The lowest BCUT2D eigenvalue weighted by molar-refractivity contribution is 0.263. The van der Waals surface area contributed by atoms with Gasteiger partial charge in [0.1, 0.15) is 21.3 Å². The minimum Gasteiger partial charge on any atom is -0.489 e. The van der Waals surface area contributed by atoms with Crippen LogP contribution in [0.5, 0.6) is 11.5 Å². The Morgan fingerprint density at radius 3 is 1.10 bits per heavy atom. The highest BCUT2D eigenvalue weighted by Crippen LogP contribution is 2.43. The number of benzene rings is 1. The Kier molecular flexibility index (Phi) is 17.4. The highest BCUT2D eigenvalue weighted by Gasteiger charge is 2.20. The van der Waals surface area contributed by atoms with E-state index in [1.165, 1.54) is 116 Å². The van der Waals surface area contributed by atoms with E-state index in [4.69, 9.17) is 32.7 Å². The summed E-state index contributed by atoms with van der Waals surface area (Å²) < 4.78 is 13.0. The maximum atomic E-state index is 6.48. The first-order valence-electron chi connectivity index (χ1n) is 17.0. The summed E-state index contributed by atoms with van der Waals surface area (Å²) in [6, 6.07) is 7.54. The molecular weight excluding hydrogens is 563 g/mol. The second-order valence-electron chi connectivity index (χ2n) is 11.8. The van der Waals surface area contributed by atoms with Crippen LogP contribution in [-0.4, -0.2) is 23.2 Å². The lowest BCUT2D eigenvalue weighted by Gasteiger charge is -2.18. The maximum Gasteiger partial charge on any atom is 0.171 e. The van der Waals surface area contributed by atoms with Gasteiger partial charge in [-0.3, -0.25) is 0 Å². The van der Waals surface area contributed by atoms with E-state index in [9.17, 15) is 0 Å². The van der Waals surface area contributed by atoms with Crippen LogP contribution in [0.3, 0.4) is 0 Å². The van der Waals surface area contributed by atoms with Gasteiger partial charge < -0.3 is 9.47 Å². The molecule has 0 amide bonds. The van der Waals surface area contributed by atoms with Gasteiger partial charge in [-0.1, -0.05) is 153 Å². The molecule has 4 nitrogen and oxygen atoms in total. The number of unbranched alkanes of at least 4 members (excludes halogenated alkanes) is 18. The van der Waals surface area contributed by atoms with E-state index in [1.54, 1.807) is 12.1 Å². The maximum absolute atomic E-state index is 6.48. The molecule has 0 bridgehead atoms. The zero-order valence-corrected chi connectivity index (χ0v) is 27.8. The molecular formula is C36H54Cl2N2O2. The van der Waals surface area contributed by atoms with Crippen molar-refractivity contribution in [2.45, 2.75) is 142 Å². The molecule has 1 aromatic carbocycles. The van der Waals surface area contributed by atoms with Gasteiger partial charge in [0.25, 0.3) is 0 Å². The molecule has 0 fully saturated rings. The molecule has 3 aromatic rings. The van der Waals surface area contributed by atoms with Gasteiger partial charge in [0.05, 0.1) is 13.2 Å². The van der Waals surface area contributed by atoms with E-state index < -0.39 is 0 Å². The highest BCUT2D eigenvalue weighted by molar-refractivity contribution is 6.31. The average molecular weight is 618 g/mol. The number of ether oxygens (including phenoxy) is 2. The molecule has 3 rings (SSSR count). The number of fused-ring (bicyclic) bond motifs is 3. The third-order valence-corrected chi connectivity index (χ3v) is 8.55. The van der Waals surface area contributed by atoms with Crippen molar-refractivity contribution in [3.05, 3.63) is 34.6 Å². The Morgan fingerprint density at radius 2 is 0.762 bits per heavy atom. The Labute approximate surface area is 265 Å². The van der Waals surface area contributed by atoms with Crippen molar-refractivity contribution >= 4 is 45.0 Å². The average Bonchev–Trinajstić information content (AvgIpc) is 2.99. The van der Waals surface area contributed by atoms with Crippen molar-refractivity contribution in [1.29, 1.82) is 0 Å². The number of halogens is 2. The largest absolute Gasteiger partial charge is 0.489 e. The fourth-order valence-electron chi connectivity index (χ4n) is 5.66. The van der Waals surface area contributed by atoms with E-state index in [1.807, 2.05) is 12.1 Å². The van der Waals surface area contributed by atoms with Gasteiger partial charge in [0.2, 0.25) is 0 Å². The molecule has 0 aliphatic rings. The molecule has 0 atom stereocenters. The minimum absolute atomic E-state index is 0.422. The molecule has 0 saturated carbocycles. The molecule has 0 saturated heterocycles. The van der Waals surface area contributed by atoms with Crippen molar-refractivity contribution < 1.29 is 9.47 Å². The van der Waals surface area contributed by atoms with Crippen LogP contribution in [0.2, 0.25) is 10.3 Å². The summed E-state index contributed by atoms with van der Waals surface area (Å²) in [6.45, 7) is 5.84. The van der Waals surface area contributed by atoms with Gasteiger partial charge in [-0.15, -0.1) is 0 Å². The van der Waals surface area contributed by atoms with Crippen molar-refractivity contribution in [1.82, 2.24) is 9.97 Å². The normalized spacial score (nSPS) is 11.5. The van der Waals surface area contributed by atoms with Crippen molar-refractivity contribution in [2.75, 3.05) is 13.2 Å². The summed E-state index contributed by atoms with van der Waals surface area (Å²) in [5, 5.41) is 2.58. The molecule has 0 aliphatic carbocycles. The topological polar surface area (TPSA) is 44.2 Å². The summed E-state index contributed by atoms with van der Waals surface area (Å²) in [5.41, 5.74) is 1.40. The Hall–Kier alpha value is -1.78. The predicted molar refractivity (Wildman–Crippen MR) is 182 cm³/mol. The highest BCUT2D eigenvalue weighted by atomic mass is 35.5.